The molecule has 0 unspecified atom stereocenters. The molecule has 0 aliphatic carbocycles. The normalized spacial score (nSPS) is 11.9. The molecule has 3 rings (SSSR count). The number of rotatable bonds is 6. The van der Waals surface area contributed by atoms with Gasteiger partial charge in [0.05, 0.1) is 12.0 Å². The smallest absolute Gasteiger partial charge is 0.272 e. The number of carbonyl (C=O) groups is 2. The molecule has 2 aromatic heterocycles. The molecule has 0 saturated carbocycles. The van der Waals surface area contributed by atoms with Crippen LogP contribution < -0.4 is 5.32 Å². The lowest BCUT2D eigenvalue weighted by Gasteiger charge is -2.11. The molecule has 2 heterocycles. The van der Waals surface area contributed by atoms with Crippen LogP contribution in [0.15, 0.2) is 59.2 Å². The Morgan fingerprint density at radius 2 is 1.96 bits per heavy atom. The van der Waals surface area contributed by atoms with Crippen LogP contribution in [-0.2, 0) is 0 Å². The van der Waals surface area contributed by atoms with Crippen LogP contribution in [0.3, 0.4) is 0 Å². The third kappa shape index (κ3) is 3.85. The van der Waals surface area contributed by atoms with Gasteiger partial charge in [-0.3, -0.25) is 9.59 Å². The molecule has 0 bridgehead atoms. The highest BCUT2D eigenvalue weighted by molar-refractivity contribution is 5.95. The molecule has 0 spiro atoms. The number of hydrogen-bond acceptors (Lipinski definition) is 4. The standard InChI is InChI=1S/C19H19N3O3/c1-13(11-17(23)18-9-6-10-25-18)20-19(24)16-12-14(2)22(21-16)15-7-4-3-5-8-15/h3-10,12-13H,11H2,1-2H3,(H,20,24)/t13-/m1/s1. The lowest BCUT2D eigenvalue weighted by atomic mass is 10.1. The zero-order valence-corrected chi connectivity index (χ0v) is 14.1. The van der Waals surface area contributed by atoms with Crippen molar-refractivity contribution in [3.8, 4) is 5.69 Å². The summed E-state index contributed by atoms with van der Waals surface area (Å²) in [6.07, 6.45) is 1.62. The van der Waals surface area contributed by atoms with E-state index in [1.807, 2.05) is 37.3 Å². The zero-order valence-electron chi connectivity index (χ0n) is 14.1. The fourth-order valence-corrected chi connectivity index (χ4v) is 2.58. The van der Waals surface area contributed by atoms with Crippen molar-refractivity contribution in [2.24, 2.45) is 0 Å². The number of hydrogen-bond donors (Lipinski definition) is 1. The van der Waals surface area contributed by atoms with E-state index >= 15 is 0 Å². The van der Waals surface area contributed by atoms with Crippen LogP contribution in [0.4, 0.5) is 0 Å². The number of Topliss-reactive ketones (excluding diaryl/α,β-unsaturated/α-hetero) is 1. The summed E-state index contributed by atoms with van der Waals surface area (Å²) in [4.78, 5) is 24.4. The lowest BCUT2D eigenvalue weighted by molar-refractivity contribution is 0.0904. The first-order valence-corrected chi connectivity index (χ1v) is 8.04. The monoisotopic (exact) mass is 337 g/mol. The van der Waals surface area contributed by atoms with E-state index in [1.54, 1.807) is 29.8 Å². The SMILES string of the molecule is Cc1cc(C(=O)N[C@H](C)CC(=O)c2ccco2)nn1-c1ccccc1. The van der Waals surface area contributed by atoms with Crippen LogP contribution in [0.2, 0.25) is 0 Å². The Morgan fingerprint density at radius 3 is 2.64 bits per heavy atom. The molecule has 6 nitrogen and oxygen atoms in total. The van der Waals surface area contributed by atoms with E-state index in [0.717, 1.165) is 11.4 Å². The highest BCUT2D eigenvalue weighted by atomic mass is 16.3. The molecule has 3 aromatic rings. The quantitative estimate of drug-likeness (QED) is 0.701. The first-order valence-electron chi connectivity index (χ1n) is 8.04. The number of nitrogens with one attached hydrogen (secondary N) is 1. The lowest BCUT2D eigenvalue weighted by Crippen LogP contribution is -2.34. The fourth-order valence-electron chi connectivity index (χ4n) is 2.58. The van der Waals surface area contributed by atoms with Gasteiger partial charge in [0.1, 0.15) is 0 Å². The van der Waals surface area contributed by atoms with Crippen molar-refractivity contribution in [1.82, 2.24) is 15.1 Å². The van der Waals surface area contributed by atoms with Crippen molar-refractivity contribution in [3.05, 3.63) is 71.9 Å². The number of furan rings is 1. The summed E-state index contributed by atoms with van der Waals surface area (Å²) in [6.45, 7) is 3.67. The van der Waals surface area contributed by atoms with Gasteiger partial charge in [-0.1, -0.05) is 18.2 Å². The summed E-state index contributed by atoms with van der Waals surface area (Å²) in [5, 5.41) is 7.17. The molecule has 128 valence electrons. The molecule has 25 heavy (non-hydrogen) atoms. The van der Waals surface area contributed by atoms with Crippen molar-refractivity contribution in [1.29, 1.82) is 0 Å². The van der Waals surface area contributed by atoms with Gasteiger partial charge in [0.25, 0.3) is 5.91 Å². The number of benzene rings is 1. The van der Waals surface area contributed by atoms with E-state index in [9.17, 15) is 9.59 Å². The van der Waals surface area contributed by atoms with Gasteiger partial charge in [-0.25, -0.2) is 4.68 Å². The van der Waals surface area contributed by atoms with Crippen molar-refractivity contribution in [3.63, 3.8) is 0 Å². The summed E-state index contributed by atoms with van der Waals surface area (Å²) < 4.78 is 6.79. The predicted molar refractivity (Wildman–Crippen MR) is 92.9 cm³/mol. The summed E-state index contributed by atoms with van der Waals surface area (Å²) in [6, 6.07) is 14.3. The third-order valence-corrected chi connectivity index (χ3v) is 3.79. The van der Waals surface area contributed by atoms with Gasteiger partial charge >= 0.3 is 0 Å². The van der Waals surface area contributed by atoms with E-state index in [4.69, 9.17) is 4.42 Å². The predicted octanol–water partition coefficient (Wildman–Crippen LogP) is 3.17. The van der Waals surface area contributed by atoms with Crippen molar-refractivity contribution in [2.75, 3.05) is 0 Å². The van der Waals surface area contributed by atoms with Crippen LogP contribution in [0.25, 0.3) is 5.69 Å². The number of para-hydroxylation sites is 1. The van der Waals surface area contributed by atoms with Crippen molar-refractivity contribution < 1.29 is 14.0 Å². The number of ketones is 1. The largest absolute Gasteiger partial charge is 0.461 e. The molecule has 0 radical (unpaired) electrons. The number of aromatic nitrogens is 2. The maximum Gasteiger partial charge on any atom is 0.272 e. The average molecular weight is 337 g/mol. The minimum absolute atomic E-state index is 0.149. The maximum atomic E-state index is 12.4. The molecule has 0 aliphatic rings. The first kappa shape index (κ1) is 16.7. The third-order valence-electron chi connectivity index (χ3n) is 3.79. The number of carbonyl (C=O) groups excluding carboxylic acids is 2. The number of nitrogens with zero attached hydrogens (tertiary/aromatic N) is 2. The van der Waals surface area contributed by atoms with E-state index < -0.39 is 0 Å². The first-order chi connectivity index (χ1) is 12.0. The molecule has 1 atom stereocenters. The Labute approximate surface area is 145 Å². The number of amides is 1. The molecular weight excluding hydrogens is 318 g/mol. The molecular formula is C19H19N3O3. The highest BCUT2D eigenvalue weighted by Gasteiger charge is 2.18. The Bertz CT molecular complexity index is 867. The van der Waals surface area contributed by atoms with Crippen LogP contribution in [0, 0.1) is 6.92 Å². The molecule has 0 fully saturated rings. The maximum absolute atomic E-state index is 12.4. The summed E-state index contributed by atoms with van der Waals surface area (Å²) in [5.74, 6) is -0.161. The van der Waals surface area contributed by atoms with Crippen LogP contribution in [0.5, 0.6) is 0 Å². The summed E-state index contributed by atoms with van der Waals surface area (Å²) in [5.41, 5.74) is 2.06. The van der Waals surface area contributed by atoms with E-state index in [1.165, 1.54) is 6.26 Å². The van der Waals surface area contributed by atoms with Gasteiger partial charge in [-0.2, -0.15) is 5.10 Å². The highest BCUT2D eigenvalue weighted by Crippen LogP contribution is 2.12. The second-order valence-electron chi connectivity index (χ2n) is 5.90. The Balaban J connectivity index is 1.66. The zero-order chi connectivity index (χ0) is 17.8. The summed E-state index contributed by atoms with van der Waals surface area (Å²) >= 11 is 0. The van der Waals surface area contributed by atoms with Crippen LogP contribution >= 0.6 is 0 Å². The van der Waals surface area contributed by atoms with E-state index in [0.29, 0.717) is 11.5 Å². The van der Waals surface area contributed by atoms with Crippen molar-refractivity contribution >= 4 is 11.7 Å². The Kier molecular flexibility index (Phi) is 4.79. The minimum Gasteiger partial charge on any atom is -0.461 e. The van der Waals surface area contributed by atoms with Gasteiger partial charge in [0.15, 0.2) is 17.2 Å². The molecule has 6 heteroatoms. The second kappa shape index (κ2) is 7.17. The number of aryl methyl sites for hydroxylation is 1. The minimum atomic E-state index is -0.327. The van der Waals surface area contributed by atoms with Gasteiger partial charge in [-0.05, 0) is 44.2 Å². The average Bonchev–Trinajstić information content (AvgIpc) is 3.25. The van der Waals surface area contributed by atoms with Gasteiger partial charge in [-0.15, -0.1) is 0 Å². The van der Waals surface area contributed by atoms with Gasteiger partial charge in [0.2, 0.25) is 0 Å². The molecule has 1 amide bonds. The Morgan fingerprint density at radius 1 is 1.20 bits per heavy atom. The topological polar surface area (TPSA) is 77.1 Å². The van der Waals surface area contributed by atoms with Gasteiger partial charge < -0.3 is 9.73 Å². The van der Waals surface area contributed by atoms with E-state index in [-0.39, 0.29) is 24.2 Å². The molecule has 1 N–H and O–H groups in total. The second-order valence-corrected chi connectivity index (χ2v) is 5.90. The molecule has 0 saturated heterocycles. The van der Waals surface area contributed by atoms with Crippen LogP contribution in [-0.4, -0.2) is 27.5 Å². The van der Waals surface area contributed by atoms with E-state index in [2.05, 4.69) is 10.4 Å². The Hall–Kier alpha value is -3.15. The van der Waals surface area contributed by atoms with Crippen molar-refractivity contribution in [2.45, 2.75) is 26.3 Å². The molecule has 0 aliphatic heterocycles. The molecule has 1 aromatic carbocycles. The summed E-state index contributed by atoms with van der Waals surface area (Å²) in [7, 11) is 0. The van der Waals surface area contributed by atoms with Crippen LogP contribution in [0.1, 0.15) is 40.1 Å². The van der Waals surface area contributed by atoms with Gasteiger partial charge in [0, 0.05) is 18.2 Å². The fraction of sp³-hybridized carbons (Fsp3) is 0.211.